The number of aliphatic hydroxyl groups is 1. The zero-order valence-electron chi connectivity index (χ0n) is 9.45. The van der Waals surface area contributed by atoms with Gasteiger partial charge < -0.3 is 15.6 Å². The lowest BCUT2D eigenvalue weighted by Crippen LogP contribution is -2.36. The molecule has 0 aliphatic heterocycles. The van der Waals surface area contributed by atoms with E-state index in [2.05, 4.69) is 6.92 Å². The highest BCUT2D eigenvalue weighted by Gasteiger charge is 2.21. The Kier molecular flexibility index (Phi) is 7.64. The molecule has 0 bridgehead atoms. The molecule has 4 heteroatoms. The Labute approximate surface area is 91.4 Å². The third-order valence-electron chi connectivity index (χ3n) is 2.06. The zero-order valence-corrected chi connectivity index (χ0v) is 10.3. The average molecular weight is 221 g/mol. The maximum absolute atomic E-state index is 9.73. The number of hydrogen-bond donors (Lipinski definition) is 2. The van der Waals surface area contributed by atoms with E-state index in [9.17, 15) is 5.11 Å². The maximum atomic E-state index is 9.73. The molecule has 0 heterocycles. The van der Waals surface area contributed by atoms with Crippen molar-refractivity contribution in [1.29, 1.82) is 0 Å². The predicted octanol–water partition coefficient (Wildman–Crippen LogP) is 1.24. The summed E-state index contributed by atoms with van der Waals surface area (Å²) < 4.78 is 4.96. The van der Waals surface area contributed by atoms with Gasteiger partial charge in [-0.1, -0.05) is 6.92 Å². The van der Waals surface area contributed by atoms with Crippen LogP contribution in [0.3, 0.4) is 0 Å². The Balaban J connectivity index is 3.49. The van der Waals surface area contributed by atoms with E-state index in [0.29, 0.717) is 11.8 Å². The van der Waals surface area contributed by atoms with Crippen LogP contribution in [0.1, 0.15) is 26.7 Å². The molecule has 0 saturated heterocycles. The van der Waals surface area contributed by atoms with E-state index in [-0.39, 0.29) is 0 Å². The van der Waals surface area contributed by atoms with Crippen LogP contribution in [-0.2, 0) is 4.74 Å². The first-order valence-corrected chi connectivity index (χ1v) is 6.09. The molecule has 0 rings (SSSR count). The largest absolute Gasteiger partial charge is 0.389 e. The van der Waals surface area contributed by atoms with Gasteiger partial charge in [0.05, 0.1) is 5.60 Å². The third kappa shape index (κ3) is 7.62. The molecule has 14 heavy (non-hydrogen) atoms. The average Bonchev–Trinajstić information content (AvgIpc) is 2.12. The maximum Gasteiger partial charge on any atom is 0.0751 e. The van der Waals surface area contributed by atoms with Gasteiger partial charge in [0.2, 0.25) is 0 Å². The van der Waals surface area contributed by atoms with Gasteiger partial charge in [0.1, 0.15) is 0 Å². The van der Waals surface area contributed by atoms with E-state index in [4.69, 9.17) is 10.5 Å². The highest BCUT2D eigenvalue weighted by Crippen LogP contribution is 2.21. The van der Waals surface area contributed by atoms with Crippen molar-refractivity contribution < 1.29 is 9.84 Å². The van der Waals surface area contributed by atoms with Crippen LogP contribution in [0.4, 0.5) is 0 Å². The van der Waals surface area contributed by atoms with Crippen molar-refractivity contribution in [2.24, 2.45) is 5.73 Å². The number of rotatable bonds is 8. The molecule has 0 spiro atoms. The van der Waals surface area contributed by atoms with Gasteiger partial charge in [-0.25, -0.2) is 0 Å². The van der Waals surface area contributed by atoms with Crippen LogP contribution in [0.2, 0.25) is 0 Å². The van der Waals surface area contributed by atoms with Crippen molar-refractivity contribution >= 4 is 11.8 Å². The molecule has 3 nitrogen and oxygen atoms in total. The fourth-order valence-corrected chi connectivity index (χ4v) is 2.41. The first-order chi connectivity index (χ1) is 6.52. The van der Waals surface area contributed by atoms with Crippen LogP contribution in [0.5, 0.6) is 0 Å². The number of ether oxygens (including phenoxy) is 1. The molecular formula is C10H23NO2S. The van der Waals surface area contributed by atoms with Crippen molar-refractivity contribution in [3.05, 3.63) is 0 Å². The number of nitrogens with two attached hydrogens (primary N) is 1. The molecule has 0 aromatic rings. The van der Waals surface area contributed by atoms with E-state index < -0.39 is 5.60 Å². The summed E-state index contributed by atoms with van der Waals surface area (Å²) in [5, 5.41) is 10.2. The lowest BCUT2D eigenvalue weighted by molar-refractivity contribution is 0.0608. The van der Waals surface area contributed by atoms with E-state index in [1.165, 1.54) is 0 Å². The summed E-state index contributed by atoms with van der Waals surface area (Å²) in [6, 6.07) is 0. The zero-order chi connectivity index (χ0) is 11.0. The minimum Gasteiger partial charge on any atom is -0.389 e. The Bertz CT molecular complexity index is 142. The molecule has 86 valence electrons. The summed E-state index contributed by atoms with van der Waals surface area (Å²) in [5.74, 6) is 1.08. The second-order valence-electron chi connectivity index (χ2n) is 3.93. The lowest BCUT2D eigenvalue weighted by Gasteiger charge is -2.24. The van der Waals surface area contributed by atoms with Crippen molar-refractivity contribution in [1.82, 2.24) is 0 Å². The Hall–Kier alpha value is 0.230. The van der Waals surface area contributed by atoms with Gasteiger partial charge in [-0.3, -0.25) is 0 Å². The smallest absolute Gasteiger partial charge is 0.0751 e. The third-order valence-corrected chi connectivity index (χ3v) is 3.32. The number of thioether (sulfide) groups is 1. The van der Waals surface area contributed by atoms with E-state index in [1.54, 1.807) is 14.0 Å². The topological polar surface area (TPSA) is 55.5 Å². The van der Waals surface area contributed by atoms with Crippen molar-refractivity contribution in [3.63, 3.8) is 0 Å². The van der Waals surface area contributed by atoms with Crippen molar-refractivity contribution in [2.45, 2.75) is 37.5 Å². The molecule has 2 atom stereocenters. The van der Waals surface area contributed by atoms with Crippen molar-refractivity contribution in [2.75, 3.05) is 26.0 Å². The molecule has 0 amide bonds. The quantitative estimate of drug-likeness (QED) is 0.606. The summed E-state index contributed by atoms with van der Waals surface area (Å²) in [4.78, 5) is 0. The predicted molar refractivity (Wildman–Crippen MR) is 62.7 cm³/mol. The normalized spacial score (nSPS) is 17.8. The van der Waals surface area contributed by atoms with Crippen LogP contribution in [0, 0.1) is 0 Å². The molecule has 0 aliphatic carbocycles. The van der Waals surface area contributed by atoms with E-state index in [0.717, 1.165) is 25.2 Å². The highest BCUT2D eigenvalue weighted by molar-refractivity contribution is 7.99. The molecule has 0 aromatic carbocycles. The molecule has 0 aromatic heterocycles. The highest BCUT2D eigenvalue weighted by atomic mass is 32.2. The van der Waals surface area contributed by atoms with Crippen LogP contribution < -0.4 is 5.73 Å². The SMILES string of the molecule is COCCCSC(C)CC(C)(O)CN. The minimum absolute atomic E-state index is 0.329. The van der Waals surface area contributed by atoms with Crippen LogP contribution in [0.15, 0.2) is 0 Å². The standard InChI is InChI=1S/C10H23NO2S/c1-9(7-10(2,12)8-11)14-6-4-5-13-3/h9,12H,4-8,11H2,1-3H3. The number of hydrogen-bond acceptors (Lipinski definition) is 4. The lowest BCUT2D eigenvalue weighted by atomic mass is 10.0. The van der Waals surface area contributed by atoms with Crippen LogP contribution >= 0.6 is 11.8 Å². The van der Waals surface area contributed by atoms with Gasteiger partial charge in [0, 0.05) is 25.5 Å². The summed E-state index contributed by atoms with van der Waals surface area (Å²) in [7, 11) is 1.72. The van der Waals surface area contributed by atoms with E-state index in [1.807, 2.05) is 11.8 Å². The fourth-order valence-electron chi connectivity index (χ4n) is 1.25. The molecule has 0 fully saturated rings. The molecule has 0 saturated carbocycles. The summed E-state index contributed by atoms with van der Waals surface area (Å²) in [6.45, 7) is 5.06. The van der Waals surface area contributed by atoms with Gasteiger partial charge in [-0.05, 0) is 25.5 Å². The summed E-state index contributed by atoms with van der Waals surface area (Å²) in [6.07, 6.45) is 1.82. The summed E-state index contributed by atoms with van der Waals surface area (Å²) >= 11 is 1.86. The Morgan fingerprint density at radius 2 is 2.21 bits per heavy atom. The second-order valence-corrected chi connectivity index (χ2v) is 5.48. The van der Waals surface area contributed by atoms with Gasteiger partial charge in [-0.2, -0.15) is 11.8 Å². The molecule has 2 unspecified atom stereocenters. The van der Waals surface area contributed by atoms with Crippen LogP contribution in [0.25, 0.3) is 0 Å². The molecule has 0 aliphatic rings. The van der Waals surface area contributed by atoms with Crippen molar-refractivity contribution in [3.8, 4) is 0 Å². The Morgan fingerprint density at radius 3 is 2.71 bits per heavy atom. The fraction of sp³-hybridized carbons (Fsp3) is 1.00. The Morgan fingerprint density at radius 1 is 1.57 bits per heavy atom. The van der Waals surface area contributed by atoms with E-state index >= 15 is 0 Å². The second kappa shape index (κ2) is 7.51. The van der Waals surface area contributed by atoms with Gasteiger partial charge in [-0.15, -0.1) is 0 Å². The minimum atomic E-state index is -0.715. The van der Waals surface area contributed by atoms with Gasteiger partial charge in [0.15, 0.2) is 0 Å². The first-order valence-electron chi connectivity index (χ1n) is 5.05. The van der Waals surface area contributed by atoms with Crippen LogP contribution in [-0.4, -0.2) is 42.0 Å². The molecule has 0 radical (unpaired) electrons. The molecular weight excluding hydrogens is 198 g/mol. The van der Waals surface area contributed by atoms with Gasteiger partial charge in [0.25, 0.3) is 0 Å². The first kappa shape index (κ1) is 14.2. The number of methoxy groups -OCH3 is 1. The molecule has 3 N–H and O–H groups in total. The van der Waals surface area contributed by atoms with Gasteiger partial charge >= 0.3 is 0 Å². The summed E-state index contributed by atoms with van der Waals surface area (Å²) in [5.41, 5.74) is 4.74. The monoisotopic (exact) mass is 221 g/mol.